The first kappa shape index (κ1) is 15.2. The summed E-state index contributed by atoms with van der Waals surface area (Å²) in [7, 11) is 0. The fourth-order valence-corrected chi connectivity index (χ4v) is 1.21. The first-order valence-electron chi connectivity index (χ1n) is 5.72. The Kier molecular flexibility index (Phi) is 9.00. The number of rotatable bonds is 8. The first-order valence-corrected chi connectivity index (χ1v) is 6.25. The third-order valence-corrected chi connectivity index (χ3v) is 2.50. The summed E-state index contributed by atoms with van der Waals surface area (Å²) in [4.78, 5) is 22.5. The molecule has 0 aromatic heterocycles. The standard InChI is InChI=1S/C11H21ClN2O2/c1-3-9(2)14-11(16)6-8-13-10(15)5-4-7-12/h9H,3-8H2,1-2H3,(H,13,15)(H,14,16). The fraction of sp³-hybridized carbons (Fsp3) is 0.818. The largest absolute Gasteiger partial charge is 0.356 e. The smallest absolute Gasteiger partial charge is 0.221 e. The Hall–Kier alpha value is -0.770. The molecule has 0 radical (unpaired) electrons. The zero-order valence-electron chi connectivity index (χ0n) is 10.0. The van der Waals surface area contributed by atoms with Gasteiger partial charge in [-0.1, -0.05) is 6.92 Å². The molecule has 0 aromatic rings. The van der Waals surface area contributed by atoms with Crippen LogP contribution in [0.25, 0.3) is 0 Å². The lowest BCUT2D eigenvalue weighted by atomic mass is 10.2. The van der Waals surface area contributed by atoms with Crippen molar-refractivity contribution >= 4 is 23.4 Å². The molecule has 2 amide bonds. The predicted octanol–water partition coefficient (Wildman–Crippen LogP) is 1.43. The van der Waals surface area contributed by atoms with E-state index in [2.05, 4.69) is 10.6 Å². The molecule has 4 nitrogen and oxygen atoms in total. The van der Waals surface area contributed by atoms with Crippen molar-refractivity contribution in [1.82, 2.24) is 10.6 Å². The van der Waals surface area contributed by atoms with Crippen LogP contribution in [0, 0.1) is 0 Å². The van der Waals surface area contributed by atoms with Crippen molar-refractivity contribution in [1.29, 1.82) is 0 Å². The van der Waals surface area contributed by atoms with E-state index in [4.69, 9.17) is 11.6 Å². The Labute approximate surface area is 102 Å². The monoisotopic (exact) mass is 248 g/mol. The van der Waals surface area contributed by atoms with Gasteiger partial charge < -0.3 is 10.6 Å². The van der Waals surface area contributed by atoms with Crippen molar-refractivity contribution in [2.45, 2.75) is 45.6 Å². The van der Waals surface area contributed by atoms with Crippen LogP contribution in [0.2, 0.25) is 0 Å². The van der Waals surface area contributed by atoms with Gasteiger partial charge in [-0.15, -0.1) is 11.6 Å². The van der Waals surface area contributed by atoms with Crippen molar-refractivity contribution < 1.29 is 9.59 Å². The minimum atomic E-state index is -0.0445. The molecule has 2 N–H and O–H groups in total. The predicted molar refractivity (Wildman–Crippen MR) is 65.5 cm³/mol. The molecule has 0 aromatic carbocycles. The van der Waals surface area contributed by atoms with E-state index in [1.165, 1.54) is 0 Å². The minimum absolute atomic E-state index is 0.0213. The Morgan fingerprint density at radius 1 is 1.25 bits per heavy atom. The van der Waals surface area contributed by atoms with E-state index >= 15 is 0 Å². The van der Waals surface area contributed by atoms with Crippen LogP contribution in [0.3, 0.4) is 0 Å². The maximum Gasteiger partial charge on any atom is 0.221 e. The Bertz CT molecular complexity index is 222. The van der Waals surface area contributed by atoms with Crippen LogP contribution in [0.5, 0.6) is 0 Å². The van der Waals surface area contributed by atoms with E-state index in [1.807, 2.05) is 13.8 Å². The summed E-state index contributed by atoms with van der Waals surface area (Å²) >= 11 is 5.46. The fourth-order valence-electron chi connectivity index (χ4n) is 1.08. The van der Waals surface area contributed by atoms with E-state index in [0.717, 1.165) is 6.42 Å². The van der Waals surface area contributed by atoms with Gasteiger partial charge in [-0.25, -0.2) is 0 Å². The molecule has 0 bridgehead atoms. The van der Waals surface area contributed by atoms with Crippen LogP contribution >= 0.6 is 11.6 Å². The molecule has 0 aliphatic heterocycles. The van der Waals surface area contributed by atoms with Gasteiger partial charge in [-0.05, 0) is 19.8 Å². The van der Waals surface area contributed by atoms with Crippen molar-refractivity contribution in [2.24, 2.45) is 0 Å². The van der Waals surface area contributed by atoms with Gasteiger partial charge in [0.15, 0.2) is 0 Å². The van der Waals surface area contributed by atoms with Gasteiger partial charge in [0, 0.05) is 31.3 Å². The van der Waals surface area contributed by atoms with E-state index in [9.17, 15) is 9.59 Å². The summed E-state index contributed by atoms with van der Waals surface area (Å²) in [6.07, 6.45) is 2.34. The van der Waals surface area contributed by atoms with Crippen LogP contribution in [0.4, 0.5) is 0 Å². The molecule has 0 saturated carbocycles. The van der Waals surface area contributed by atoms with Crippen LogP contribution in [-0.2, 0) is 9.59 Å². The number of hydrogen-bond acceptors (Lipinski definition) is 2. The highest BCUT2D eigenvalue weighted by Crippen LogP contribution is 1.92. The number of nitrogens with one attached hydrogen (secondary N) is 2. The zero-order chi connectivity index (χ0) is 12.4. The third kappa shape index (κ3) is 8.53. The third-order valence-electron chi connectivity index (χ3n) is 2.23. The van der Waals surface area contributed by atoms with Crippen LogP contribution in [0.1, 0.15) is 39.5 Å². The number of carbonyl (C=O) groups excluding carboxylic acids is 2. The summed E-state index contributed by atoms with van der Waals surface area (Å²) in [5.41, 5.74) is 0. The van der Waals surface area contributed by atoms with Crippen LogP contribution < -0.4 is 10.6 Å². The first-order chi connectivity index (χ1) is 7.60. The molecule has 0 fully saturated rings. The van der Waals surface area contributed by atoms with E-state index in [1.54, 1.807) is 0 Å². The second-order valence-corrected chi connectivity index (χ2v) is 4.15. The lowest BCUT2D eigenvalue weighted by Gasteiger charge is -2.11. The quantitative estimate of drug-likeness (QED) is 0.639. The molecule has 1 atom stereocenters. The number of hydrogen-bond donors (Lipinski definition) is 2. The van der Waals surface area contributed by atoms with Crippen molar-refractivity contribution in [3.8, 4) is 0 Å². The van der Waals surface area contributed by atoms with Gasteiger partial charge in [0.2, 0.25) is 11.8 Å². The summed E-state index contributed by atoms with van der Waals surface area (Å²) < 4.78 is 0. The lowest BCUT2D eigenvalue weighted by Crippen LogP contribution is -2.35. The normalized spacial score (nSPS) is 11.9. The minimum Gasteiger partial charge on any atom is -0.356 e. The molecule has 0 saturated heterocycles. The summed E-state index contributed by atoms with van der Waals surface area (Å²) in [6.45, 7) is 4.36. The van der Waals surface area contributed by atoms with Crippen LogP contribution in [-0.4, -0.2) is 30.3 Å². The Morgan fingerprint density at radius 2 is 1.94 bits per heavy atom. The highest BCUT2D eigenvalue weighted by Gasteiger charge is 2.06. The second-order valence-electron chi connectivity index (χ2n) is 3.77. The van der Waals surface area contributed by atoms with E-state index < -0.39 is 0 Å². The maximum atomic E-state index is 11.3. The topological polar surface area (TPSA) is 58.2 Å². The van der Waals surface area contributed by atoms with Crippen molar-refractivity contribution in [2.75, 3.05) is 12.4 Å². The highest BCUT2D eigenvalue weighted by atomic mass is 35.5. The molecule has 0 aliphatic rings. The van der Waals surface area contributed by atoms with Crippen molar-refractivity contribution in [3.63, 3.8) is 0 Å². The molecule has 0 aliphatic carbocycles. The van der Waals surface area contributed by atoms with Gasteiger partial charge in [-0.2, -0.15) is 0 Å². The molecule has 16 heavy (non-hydrogen) atoms. The molecular weight excluding hydrogens is 228 g/mol. The number of alkyl halides is 1. The number of carbonyl (C=O) groups is 2. The molecule has 0 spiro atoms. The molecule has 94 valence electrons. The Morgan fingerprint density at radius 3 is 2.50 bits per heavy atom. The molecule has 1 unspecified atom stereocenters. The van der Waals surface area contributed by atoms with E-state index in [0.29, 0.717) is 31.7 Å². The van der Waals surface area contributed by atoms with Crippen molar-refractivity contribution in [3.05, 3.63) is 0 Å². The average molecular weight is 249 g/mol. The summed E-state index contributed by atoms with van der Waals surface area (Å²) in [5, 5.41) is 5.52. The Balaban J connectivity index is 3.50. The average Bonchev–Trinajstić information content (AvgIpc) is 2.26. The van der Waals surface area contributed by atoms with Gasteiger partial charge in [0.1, 0.15) is 0 Å². The number of amides is 2. The molecular formula is C11H21ClN2O2. The summed E-state index contributed by atoms with van der Waals surface area (Å²) in [5.74, 6) is 0.422. The maximum absolute atomic E-state index is 11.3. The second kappa shape index (κ2) is 9.46. The van der Waals surface area contributed by atoms with E-state index in [-0.39, 0.29) is 17.9 Å². The zero-order valence-corrected chi connectivity index (χ0v) is 10.8. The van der Waals surface area contributed by atoms with Gasteiger partial charge in [0.05, 0.1) is 0 Å². The molecule has 5 heteroatoms. The van der Waals surface area contributed by atoms with Gasteiger partial charge >= 0.3 is 0 Å². The van der Waals surface area contributed by atoms with Gasteiger partial charge in [-0.3, -0.25) is 9.59 Å². The molecule has 0 heterocycles. The van der Waals surface area contributed by atoms with Crippen LogP contribution in [0.15, 0.2) is 0 Å². The lowest BCUT2D eigenvalue weighted by molar-refractivity contribution is -0.122. The summed E-state index contributed by atoms with van der Waals surface area (Å²) in [6, 6.07) is 0.194. The van der Waals surface area contributed by atoms with Gasteiger partial charge in [0.25, 0.3) is 0 Å². The number of halogens is 1. The molecule has 0 rings (SSSR count). The highest BCUT2D eigenvalue weighted by molar-refractivity contribution is 6.17. The SMILES string of the molecule is CCC(C)NC(=O)CCNC(=O)CCCCl.